The summed E-state index contributed by atoms with van der Waals surface area (Å²) in [4.78, 5) is 4.73. The van der Waals surface area contributed by atoms with Crippen molar-refractivity contribution in [1.82, 2.24) is 4.98 Å². The standard InChI is InChI=1S/C17H26N2O/c1-13-11-16(12-13)20-10-3-2-6-15-8-7-14-5-4-9-18-17(14)19-15/h7-8,13,16H,2-6,9-12H2,1H3,(H,18,19). The highest BCUT2D eigenvalue weighted by Gasteiger charge is 2.25. The summed E-state index contributed by atoms with van der Waals surface area (Å²) >= 11 is 0. The normalized spacial score (nSPS) is 24.6. The predicted molar refractivity (Wildman–Crippen MR) is 82.1 cm³/mol. The Bertz CT molecular complexity index is 441. The fourth-order valence-electron chi connectivity index (χ4n) is 3.13. The van der Waals surface area contributed by atoms with Crippen molar-refractivity contribution in [3.8, 4) is 0 Å². The molecule has 1 saturated carbocycles. The van der Waals surface area contributed by atoms with Crippen molar-refractivity contribution in [2.24, 2.45) is 5.92 Å². The van der Waals surface area contributed by atoms with E-state index in [2.05, 4.69) is 24.4 Å². The summed E-state index contributed by atoms with van der Waals surface area (Å²) < 4.78 is 5.84. The number of fused-ring (bicyclic) bond motifs is 1. The zero-order chi connectivity index (χ0) is 13.8. The summed E-state index contributed by atoms with van der Waals surface area (Å²) in [5, 5.41) is 3.40. The highest BCUT2D eigenvalue weighted by molar-refractivity contribution is 5.46. The van der Waals surface area contributed by atoms with E-state index in [0.717, 1.165) is 37.7 Å². The fourth-order valence-corrected chi connectivity index (χ4v) is 3.13. The van der Waals surface area contributed by atoms with Crippen LogP contribution in [0.25, 0.3) is 0 Å². The topological polar surface area (TPSA) is 34.1 Å². The Kier molecular flexibility index (Phi) is 4.56. The van der Waals surface area contributed by atoms with E-state index in [1.165, 1.54) is 43.4 Å². The zero-order valence-electron chi connectivity index (χ0n) is 12.5. The van der Waals surface area contributed by atoms with Crippen molar-refractivity contribution in [2.45, 2.75) is 58.0 Å². The first-order valence-electron chi connectivity index (χ1n) is 8.15. The maximum atomic E-state index is 5.84. The predicted octanol–water partition coefficient (Wildman–Crippen LogP) is 3.58. The average molecular weight is 274 g/mol. The molecule has 1 aromatic rings. The van der Waals surface area contributed by atoms with Crippen LogP contribution < -0.4 is 5.32 Å². The van der Waals surface area contributed by atoms with Crippen molar-refractivity contribution in [2.75, 3.05) is 18.5 Å². The molecule has 0 unspecified atom stereocenters. The summed E-state index contributed by atoms with van der Waals surface area (Å²) in [5.41, 5.74) is 2.60. The van der Waals surface area contributed by atoms with Gasteiger partial charge in [0.25, 0.3) is 0 Å². The molecular weight excluding hydrogens is 248 g/mol. The van der Waals surface area contributed by atoms with Crippen molar-refractivity contribution in [1.29, 1.82) is 0 Å². The van der Waals surface area contributed by atoms with Gasteiger partial charge in [-0.1, -0.05) is 13.0 Å². The number of anilines is 1. The molecule has 110 valence electrons. The van der Waals surface area contributed by atoms with Gasteiger partial charge in [-0.2, -0.15) is 0 Å². The number of hydrogen-bond donors (Lipinski definition) is 1. The van der Waals surface area contributed by atoms with Crippen molar-refractivity contribution in [3.05, 3.63) is 23.4 Å². The van der Waals surface area contributed by atoms with Crippen LogP contribution in [0.4, 0.5) is 5.82 Å². The van der Waals surface area contributed by atoms with Gasteiger partial charge in [-0.05, 0) is 62.5 Å². The first-order valence-corrected chi connectivity index (χ1v) is 8.15. The molecule has 3 heteroatoms. The number of nitrogens with zero attached hydrogens (tertiary/aromatic N) is 1. The van der Waals surface area contributed by atoms with Gasteiger partial charge in [-0.25, -0.2) is 4.98 Å². The summed E-state index contributed by atoms with van der Waals surface area (Å²) in [7, 11) is 0. The number of rotatable bonds is 6. The summed E-state index contributed by atoms with van der Waals surface area (Å²) in [6, 6.07) is 4.44. The molecule has 2 aliphatic rings. The molecular formula is C17H26N2O. The highest BCUT2D eigenvalue weighted by Crippen LogP contribution is 2.29. The quantitative estimate of drug-likeness (QED) is 0.805. The number of unbranched alkanes of at least 4 members (excludes halogenated alkanes) is 1. The van der Waals surface area contributed by atoms with Crippen LogP contribution in [0.3, 0.4) is 0 Å². The lowest BCUT2D eigenvalue weighted by atomic mass is 9.84. The largest absolute Gasteiger partial charge is 0.378 e. The molecule has 0 atom stereocenters. The lowest BCUT2D eigenvalue weighted by Gasteiger charge is -2.32. The minimum atomic E-state index is 0.552. The number of ether oxygens (including phenoxy) is 1. The fraction of sp³-hybridized carbons (Fsp3) is 0.706. The number of aryl methyl sites for hydroxylation is 2. The molecule has 1 N–H and O–H groups in total. The minimum Gasteiger partial charge on any atom is -0.378 e. The van der Waals surface area contributed by atoms with E-state index in [9.17, 15) is 0 Å². The van der Waals surface area contributed by atoms with Crippen LogP contribution in [0.1, 0.15) is 50.3 Å². The van der Waals surface area contributed by atoms with Gasteiger partial charge < -0.3 is 10.1 Å². The number of nitrogens with one attached hydrogen (secondary N) is 1. The Labute approximate surface area is 122 Å². The second-order valence-electron chi connectivity index (χ2n) is 6.37. The van der Waals surface area contributed by atoms with Crippen LogP contribution in [0.5, 0.6) is 0 Å². The smallest absolute Gasteiger partial charge is 0.129 e. The third-order valence-corrected chi connectivity index (χ3v) is 4.46. The average Bonchev–Trinajstić information content (AvgIpc) is 2.44. The Morgan fingerprint density at radius 1 is 1.30 bits per heavy atom. The minimum absolute atomic E-state index is 0.552. The lowest BCUT2D eigenvalue weighted by molar-refractivity contribution is -0.0265. The molecule has 1 aromatic heterocycles. The molecule has 3 nitrogen and oxygen atoms in total. The first kappa shape index (κ1) is 13.9. The molecule has 20 heavy (non-hydrogen) atoms. The van der Waals surface area contributed by atoms with Gasteiger partial charge >= 0.3 is 0 Å². The van der Waals surface area contributed by atoms with Gasteiger partial charge in [-0.15, -0.1) is 0 Å². The molecule has 0 amide bonds. The maximum absolute atomic E-state index is 5.84. The summed E-state index contributed by atoms with van der Waals surface area (Å²) in [6.07, 6.45) is 8.87. The van der Waals surface area contributed by atoms with Gasteiger partial charge in [0.05, 0.1) is 6.10 Å². The molecule has 0 saturated heterocycles. The summed E-state index contributed by atoms with van der Waals surface area (Å²) in [5.74, 6) is 2.00. The SMILES string of the molecule is CC1CC(OCCCCc2ccc3c(n2)NCCC3)C1. The number of hydrogen-bond acceptors (Lipinski definition) is 3. The van der Waals surface area contributed by atoms with Crippen LogP contribution >= 0.6 is 0 Å². The van der Waals surface area contributed by atoms with Gasteiger partial charge in [0, 0.05) is 18.8 Å². The molecule has 3 rings (SSSR count). The Hall–Kier alpha value is -1.09. The molecule has 2 heterocycles. The molecule has 0 radical (unpaired) electrons. The second-order valence-corrected chi connectivity index (χ2v) is 6.37. The van der Waals surface area contributed by atoms with Crippen LogP contribution in [-0.4, -0.2) is 24.2 Å². The van der Waals surface area contributed by atoms with E-state index >= 15 is 0 Å². The molecule has 1 fully saturated rings. The molecule has 1 aliphatic carbocycles. The van der Waals surface area contributed by atoms with E-state index in [4.69, 9.17) is 9.72 Å². The van der Waals surface area contributed by atoms with Crippen molar-refractivity contribution < 1.29 is 4.74 Å². The summed E-state index contributed by atoms with van der Waals surface area (Å²) in [6.45, 7) is 4.29. The van der Waals surface area contributed by atoms with Crippen molar-refractivity contribution >= 4 is 5.82 Å². The van der Waals surface area contributed by atoms with E-state index in [1.54, 1.807) is 0 Å². The van der Waals surface area contributed by atoms with Crippen LogP contribution in [0, 0.1) is 5.92 Å². The third kappa shape index (κ3) is 3.51. The highest BCUT2D eigenvalue weighted by atomic mass is 16.5. The van der Waals surface area contributed by atoms with Gasteiger partial charge in [-0.3, -0.25) is 0 Å². The third-order valence-electron chi connectivity index (χ3n) is 4.46. The van der Waals surface area contributed by atoms with E-state index in [1.807, 2.05) is 0 Å². The van der Waals surface area contributed by atoms with Gasteiger partial charge in [0.1, 0.15) is 5.82 Å². The molecule has 0 spiro atoms. The molecule has 0 aromatic carbocycles. The maximum Gasteiger partial charge on any atom is 0.129 e. The van der Waals surface area contributed by atoms with E-state index in [0.29, 0.717) is 6.10 Å². The second kappa shape index (κ2) is 6.57. The van der Waals surface area contributed by atoms with Crippen LogP contribution in [0.2, 0.25) is 0 Å². The monoisotopic (exact) mass is 274 g/mol. The molecule has 0 bridgehead atoms. The number of pyridine rings is 1. The van der Waals surface area contributed by atoms with Gasteiger partial charge in [0.2, 0.25) is 0 Å². The number of aromatic nitrogens is 1. The van der Waals surface area contributed by atoms with Gasteiger partial charge in [0.15, 0.2) is 0 Å². The Morgan fingerprint density at radius 2 is 2.20 bits per heavy atom. The van der Waals surface area contributed by atoms with E-state index in [-0.39, 0.29) is 0 Å². The molecule has 1 aliphatic heterocycles. The van der Waals surface area contributed by atoms with E-state index < -0.39 is 0 Å². The Morgan fingerprint density at radius 3 is 3.05 bits per heavy atom. The first-order chi connectivity index (χ1) is 9.81. The zero-order valence-corrected chi connectivity index (χ0v) is 12.5. The Balaban J connectivity index is 1.36. The van der Waals surface area contributed by atoms with Crippen LogP contribution in [0.15, 0.2) is 12.1 Å². The lowest BCUT2D eigenvalue weighted by Crippen LogP contribution is -2.29. The van der Waals surface area contributed by atoms with Crippen LogP contribution in [-0.2, 0) is 17.6 Å². The van der Waals surface area contributed by atoms with Crippen molar-refractivity contribution in [3.63, 3.8) is 0 Å².